The molecule has 0 aromatic heterocycles. The lowest BCUT2D eigenvalue weighted by Gasteiger charge is -2.33. The number of benzene rings is 2. The monoisotopic (exact) mass is 444 g/mol. The van der Waals surface area contributed by atoms with Gasteiger partial charge in [0.2, 0.25) is 15.9 Å². The van der Waals surface area contributed by atoms with Gasteiger partial charge >= 0.3 is 0 Å². The van der Waals surface area contributed by atoms with Crippen LogP contribution >= 0.6 is 0 Å². The van der Waals surface area contributed by atoms with Crippen LogP contribution in [-0.4, -0.2) is 37.8 Å². The largest absolute Gasteiger partial charge is 0.494 e. The number of hydrogen-bond donors (Lipinski definition) is 1. The van der Waals surface area contributed by atoms with E-state index in [-0.39, 0.29) is 23.4 Å². The highest BCUT2D eigenvalue weighted by Crippen LogP contribution is 2.29. The Hall–Kier alpha value is -2.38. The molecule has 3 rings (SSSR count). The third kappa shape index (κ3) is 5.66. The van der Waals surface area contributed by atoms with Gasteiger partial charge in [-0.2, -0.15) is 4.31 Å². The summed E-state index contributed by atoms with van der Waals surface area (Å²) in [6.45, 7) is 6.05. The number of para-hydroxylation sites is 1. The van der Waals surface area contributed by atoms with E-state index in [9.17, 15) is 13.2 Å². The number of hydrogen-bond acceptors (Lipinski definition) is 4. The number of carbonyl (C=O) groups excluding carboxylic acids is 1. The van der Waals surface area contributed by atoms with Crippen molar-refractivity contribution in [3.05, 3.63) is 53.6 Å². The molecule has 2 aromatic rings. The smallest absolute Gasteiger partial charge is 0.243 e. The molecule has 1 fully saturated rings. The van der Waals surface area contributed by atoms with Crippen LogP contribution in [0.2, 0.25) is 0 Å². The van der Waals surface area contributed by atoms with Gasteiger partial charge in [-0.25, -0.2) is 8.42 Å². The van der Waals surface area contributed by atoms with Gasteiger partial charge in [0.1, 0.15) is 5.75 Å². The molecule has 0 unspecified atom stereocenters. The number of nitrogens with one attached hydrogen (secondary N) is 1. The Labute approximate surface area is 185 Å². The molecular formula is C24H32N2O4S. The molecule has 1 aliphatic rings. The SMILES string of the molecule is CCOc1ccc(S(=O)(=O)N(CC(=O)Nc2c(C)cccc2C)C2CCCCC2)cc1. The minimum atomic E-state index is -3.82. The second-order valence-electron chi connectivity index (χ2n) is 8.06. The number of aryl methyl sites for hydroxylation is 2. The van der Waals surface area contributed by atoms with Crippen molar-refractivity contribution in [2.45, 2.75) is 63.8 Å². The van der Waals surface area contributed by atoms with E-state index in [2.05, 4.69) is 5.32 Å². The van der Waals surface area contributed by atoms with Crippen LogP contribution in [-0.2, 0) is 14.8 Å². The van der Waals surface area contributed by atoms with Crippen LogP contribution in [0.25, 0.3) is 0 Å². The molecule has 1 aliphatic carbocycles. The van der Waals surface area contributed by atoms with E-state index < -0.39 is 10.0 Å². The van der Waals surface area contributed by atoms with Crippen molar-refractivity contribution in [3.63, 3.8) is 0 Å². The highest BCUT2D eigenvalue weighted by molar-refractivity contribution is 7.89. The molecule has 0 bridgehead atoms. The van der Waals surface area contributed by atoms with E-state index in [0.717, 1.165) is 48.9 Å². The van der Waals surface area contributed by atoms with Crippen molar-refractivity contribution >= 4 is 21.6 Å². The van der Waals surface area contributed by atoms with Gasteiger partial charge in [-0.05, 0) is 69.0 Å². The molecule has 0 spiro atoms. The highest BCUT2D eigenvalue weighted by Gasteiger charge is 2.34. The fraction of sp³-hybridized carbons (Fsp3) is 0.458. The zero-order valence-electron chi connectivity index (χ0n) is 18.6. The molecule has 0 aliphatic heterocycles. The van der Waals surface area contributed by atoms with Gasteiger partial charge in [-0.3, -0.25) is 4.79 Å². The van der Waals surface area contributed by atoms with Crippen molar-refractivity contribution in [2.24, 2.45) is 0 Å². The molecule has 1 saturated carbocycles. The van der Waals surface area contributed by atoms with E-state index in [1.165, 1.54) is 4.31 Å². The highest BCUT2D eigenvalue weighted by atomic mass is 32.2. The Morgan fingerprint density at radius 2 is 1.65 bits per heavy atom. The minimum absolute atomic E-state index is 0.172. The lowest BCUT2D eigenvalue weighted by atomic mass is 9.95. The van der Waals surface area contributed by atoms with Gasteiger partial charge in [-0.1, -0.05) is 37.5 Å². The molecule has 0 heterocycles. The maximum Gasteiger partial charge on any atom is 0.243 e. The van der Waals surface area contributed by atoms with Crippen molar-refractivity contribution in [1.82, 2.24) is 4.31 Å². The Bertz CT molecular complexity index is 976. The third-order valence-corrected chi connectivity index (χ3v) is 7.68. The summed E-state index contributed by atoms with van der Waals surface area (Å²) in [6.07, 6.45) is 4.58. The van der Waals surface area contributed by atoms with Crippen LogP contribution in [0.1, 0.15) is 50.2 Å². The molecule has 1 amide bonds. The fourth-order valence-electron chi connectivity index (χ4n) is 4.12. The summed E-state index contributed by atoms with van der Waals surface area (Å²) in [5.74, 6) is 0.302. The van der Waals surface area contributed by atoms with Gasteiger partial charge < -0.3 is 10.1 Å². The molecular weight excluding hydrogens is 412 g/mol. The molecule has 168 valence electrons. The lowest BCUT2D eigenvalue weighted by Crippen LogP contribution is -2.45. The van der Waals surface area contributed by atoms with Gasteiger partial charge in [-0.15, -0.1) is 0 Å². The first kappa shape index (κ1) is 23.3. The number of nitrogens with zero attached hydrogens (tertiary/aromatic N) is 1. The van der Waals surface area contributed by atoms with E-state index in [4.69, 9.17) is 4.74 Å². The molecule has 7 heteroatoms. The quantitative estimate of drug-likeness (QED) is 0.642. The maximum absolute atomic E-state index is 13.5. The predicted molar refractivity (Wildman–Crippen MR) is 123 cm³/mol. The topological polar surface area (TPSA) is 75.7 Å². The zero-order valence-corrected chi connectivity index (χ0v) is 19.4. The van der Waals surface area contributed by atoms with E-state index in [0.29, 0.717) is 12.4 Å². The standard InChI is InChI=1S/C24H32N2O4S/c1-4-30-21-13-15-22(16-14-21)31(28,29)26(20-11-6-5-7-12-20)17-23(27)25-24-18(2)9-8-10-19(24)3/h8-10,13-16,20H,4-7,11-12,17H2,1-3H3,(H,25,27). The molecule has 0 saturated heterocycles. The summed E-state index contributed by atoms with van der Waals surface area (Å²) >= 11 is 0. The van der Waals surface area contributed by atoms with Crippen molar-refractivity contribution < 1.29 is 17.9 Å². The molecule has 2 aromatic carbocycles. The summed E-state index contributed by atoms with van der Waals surface area (Å²) in [6, 6.07) is 12.0. The first-order valence-corrected chi connectivity index (χ1v) is 12.4. The van der Waals surface area contributed by atoms with Crippen LogP contribution in [0.3, 0.4) is 0 Å². The summed E-state index contributed by atoms with van der Waals surface area (Å²) in [5.41, 5.74) is 2.65. The number of amides is 1. The Kier molecular flexibility index (Phi) is 7.73. The third-order valence-electron chi connectivity index (χ3n) is 5.77. The first-order valence-electron chi connectivity index (χ1n) is 10.9. The zero-order chi connectivity index (χ0) is 22.4. The van der Waals surface area contributed by atoms with Crippen molar-refractivity contribution in [3.8, 4) is 5.75 Å². The van der Waals surface area contributed by atoms with Crippen LogP contribution in [0, 0.1) is 13.8 Å². The molecule has 1 N–H and O–H groups in total. The minimum Gasteiger partial charge on any atom is -0.494 e. The fourth-order valence-corrected chi connectivity index (χ4v) is 5.76. The van der Waals surface area contributed by atoms with Crippen LogP contribution in [0.5, 0.6) is 5.75 Å². The average molecular weight is 445 g/mol. The average Bonchev–Trinajstić information content (AvgIpc) is 2.76. The maximum atomic E-state index is 13.5. The Morgan fingerprint density at radius 1 is 1.03 bits per heavy atom. The van der Waals surface area contributed by atoms with E-state index >= 15 is 0 Å². The Balaban J connectivity index is 1.86. The second-order valence-corrected chi connectivity index (χ2v) is 9.95. The van der Waals surface area contributed by atoms with E-state index in [1.54, 1.807) is 24.3 Å². The van der Waals surface area contributed by atoms with Gasteiger partial charge in [0.15, 0.2) is 0 Å². The summed E-state index contributed by atoms with van der Waals surface area (Å²) in [7, 11) is -3.82. The lowest BCUT2D eigenvalue weighted by molar-refractivity contribution is -0.116. The summed E-state index contributed by atoms with van der Waals surface area (Å²) in [5, 5.41) is 2.93. The molecule has 6 nitrogen and oxygen atoms in total. The number of rotatable bonds is 8. The van der Waals surface area contributed by atoms with Crippen LogP contribution in [0.15, 0.2) is 47.4 Å². The second kappa shape index (κ2) is 10.3. The van der Waals surface area contributed by atoms with E-state index in [1.807, 2.05) is 39.0 Å². The van der Waals surface area contributed by atoms with Crippen molar-refractivity contribution in [2.75, 3.05) is 18.5 Å². The first-order chi connectivity index (χ1) is 14.8. The number of ether oxygens (including phenoxy) is 1. The van der Waals surface area contributed by atoms with Crippen molar-refractivity contribution in [1.29, 1.82) is 0 Å². The van der Waals surface area contributed by atoms with Crippen LogP contribution < -0.4 is 10.1 Å². The normalized spacial score (nSPS) is 15.1. The van der Waals surface area contributed by atoms with Gasteiger partial charge in [0, 0.05) is 11.7 Å². The van der Waals surface area contributed by atoms with Gasteiger partial charge in [0.25, 0.3) is 0 Å². The molecule has 0 atom stereocenters. The number of sulfonamides is 1. The number of anilines is 1. The molecule has 0 radical (unpaired) electrons. The van der Waals surface area contributed by atoms with Gasteiger partial charge in [0.05, 0.1) is 18.0 Å². The predicted octanol–water partition coefficient (Wildman–Crippen LogP) is 4.66. The number of carbonyl (C=O) groups is 1. The molecule has 31 heavy (non-hydrogen) atoms. The Morgan fingerprint density at radius 3 is 2.23 bits per heavy atom. The van der Waals surface area contributed by atoms with Crippen LogP contribution in [0.4, 0.5) is 5.69 Å². The summed E-state index contributed by atoms with van der Waals surface area (Å²) in [4.78, 5) is 13.1. The summed E-state index contributed by atoms with van der Waals surface area (Å²) < 4.78 is 33.9.